The number of hydrogen-bond acceptors (Lipinski definition) is 3. The molecular weight excluding hydrogens is 228 g/mol. The van der Waals surface area contributed by atoms with E-state index in [4.69, 9.17) is 11.6 Å². The number of nitrogens with zero attached hydrogens (tertiary/aromatic N) is 1. The van der Waals surface area contributed by atoms with Crippen LogP contribution in [0.1, 0.15) is 20.8 Å². The molecule has 0 unspecified atom stereocenters. The SMILES string of the molecule is CC(C)(C)CNc1ccc([N+](=O)[O-])cc1Cl. The fraction of sp³-hybridized carbons (Fsp3) is 0.455. The smallest absolute Gasteiger partial charge is 0.271 e. The molecule has 4 nitrogen and oxygen atoms in total. The van der Waals surface area contributed by atoms with Crippen molar-refractivity contribution in [3.8, 4) is 0 Å². The number of benzene rings is 1. The summed E-state index contributed by atoms with van der Waals surface area (Å²) in [5.74, 6) is 0. The highest BCUT2D eigenvalue weighted by Crippen LogP contribution is 2.27. The van der Waals surface area contributed by atoms with Crippen LogP contribution in [0.15, 0.2) is 18.2 Å². The van der Waals surface area contributed by atoms with Crippen LogP contribution in [0.2, 0.25) is 5.02 Å². The van der Waals surface area contributed by atoms with Crippen LogP contribution in [0.25, 0.3) is 0 Å². The highest BCUT2D eigenvalue weighted by molar-refractivity contribution is 6.33. The standard InChI is InChI=1S/C11H15ClN2O2/c1-11(2,3)7-13-10-5-4-8(14(15)16)6-9(10)12/h4-6,13H,7H2,1-3H3. The van der Waals surface area contributed by atoms with Gasteiger partial charge in [-0.25, -0.2) is 0 Å². The number of nitro groups is 1. The largest absolute Gasteiger partial charge is 0.383 e. The highest BCUT2D eigenvalue weighted by Gasteiger charge is 2.12. The molecule has 0 saturated carbocycles. The molecule has 1 rings (SSSR count). The lowest BCUT2D eigenvalue weighted by Gasteiger charge is -2.20. The molecule has 88 valence electrons. The molecule has 16 heavy (non-hydrogen) atoms. The monoisotopic (exact) mass is 242 g/mol. The zero-order valence-corrected chi connectivity index (χ0v) is 10.3. The normalized spacial score (nSPS) is 11.2. The van der Waals surface area contributed by atoms with Gasteiger partial charge in [0, 0.05) is 18.7 Å². The Morgan fingerprint density at radius 3 is 2.50 bits per heavy atom. The van der Waals surface area contributed by atoms with Gasteiger partial charge in [0.05, 0.1) is 15.6 Å². The van der Waals surface area contributed by atoms with Crippen LogP contribution in [-0.2, 0) is 0 Å². The van der Waals surface area contributed by atoms with Crippen LogP contribution < -0.4 is 5.32 Å². The zero-order valence-electron chi connectivity index (χ0n) is 9.58. The van der Waals surface area contributed by atoms with Gasteiger partial charge in [-0.2, -0.15) is 0 Å². The molecule has 0 aliphatic heterocycles. The minimum Gasteiger partial charge on any atom is -0.383 e. The van der Waals surface area contributed by atoms with Crippen molar-refractivity contribution < 1.29 is 4.92 Å². The Hall–Kier alpha value is -1.29. The Morgan fingerprint density at radius 1 is 1.44 bits per heavy atom. The molecule has 0 radical (unpaired) electrons. The van der Waals surface area contributed by atoms with Crippen molar-refractivity contribution in [1.82, 2.24) is 0 Å². The molecule has 1 aromatic carbocycles. The van der Waals surface area contributed by atoms with Gasteiger partial charge in [-0.15, -0.1) is 0 Å². The lowest BCUT2D eigenvalue weighted by atomic mass is 9.97. The van der Waals surface area contributed by atoms with Gasteiger partial charge in [0.25, 0.3) is 5.69 Å². The maximum atomic E-state index is 10.5. The van der Waals surface area contributed by atoms with E-state index in [0.717, 1.165) is 12.2 Å². The Bertz CT molecular complexity index is 399. The Kier molecular flexibility index (Phi) is 3.75. The molecule has 0 fully saturated rings. The second-order valence-electron chi connectivity index (χ2n) is 4.84. The number of anilines is 1. The first kappa shape index (κ1) is 12.8. The van der Waals surface area contributed by atoms with Crippen molar-refractivity contribution in [2.45, 2.75) is 20.8 Å². The van der Waals surface area contributed by atoms with Gasteiger partial charge in [-0.3, -0.25) is 10.1 Å². The summed E-state index contributed by atoms with van der Waals surface area (Å²) in [7, 11) is 0. The molecule has 0 heterocycles. The van der Waals surface area contributed by atoms with Gasteiger partial charge in [-0.05, 0) is 11.5 Å². The predicted octanol–water partition coefficient (Wildman–Crippen LogP) is 3.71. The predicted molar refractivity (Wildman–Crippen MR) is 66.1 cm³/mol. The third-order valence-corrected chi connectivity index (χ3v) is 2.29. The minimum absolute atomic E-state index is 0.00584. The molecule has 0 saturated heterocycles. The average Bonchev–Trinajstić information content (AvgIpc) is 2.14. The molecule has 0 aromatic heterocycles. The quantitative estimate of drug-likeness (QED) is 0.649. The van der Waals surface area contributed by atoms with Crippen molar-refractivity contribution in [3.05, 3.63) is 33.3 Å². The van der Waals surface area contributed by atoms with Gasteiger partial charge >= 0.3 is 0 Å². The molecule has 0 aliphatic rings. The molecule has 1 N–H and O–H groups in total. The fourth-order valence-electron chi connectivity index (χ4n) is 1.12. The summed E-state index contributed by atoms with van der Waals surface area (Å²) in [6.45, 7) is 7.04. The van der Waals surface area contributed by atoms with E-state index >= 15 is 0 Å². The molecule has 1 aromatic rings. The number of non-ortho nitro benzene ring substituents is 1. The first-order chi connectivity index (χ1) is 7.29. The zero-order chi connectivity index (χ0) is 12.3. The molecule has 5 heteroatoms. The fourth-order valence-corrected chi connectivity index (χ4v) is 1.36. The topological polar surface area (TPSA) is 55.2 Å². The summed E-state index contributed by atoms with van der Waals surface area (Å²) in [6.07, 6.45) is 0. The van der Waals surface area contributed by atoms with Gasteiger partial charge < -0.3 is 5.32 Å². The second-order valence-corrected chi connectivity index (χ2v) is 5.24. The third kappa shape index (κ3) is 3.70. The number of rotatable bonds is 3. The van der Waals surface area contributed by atoms with Crippen molar-refractivity contribution >= 4 is 23.0 Å². The second kappa shape index (κ2) is 4.70. The summed E-state index contributed by atoms with van der Waals surface area (Å²) in [5, 5.41) is 14.0. The molecule has 0 aliphatic carbocycles. The van der Waals surface area contributed by atoms with E-state index < -0.39 is 4.92 Å². The van der Waals surface area contributed by atoms with Crippen LogP contribution in [-0.4, -0.2) is 11.5 Å². The van der Waals surface area contributed by atoms with E-state index in [-0.39, 0.29) is 11.1 Å². The van der Waals surface area contributed by atoms with E-state index in [1.54, 1.807) is 6.07 Å². The first-order valence-corrected chi connectivity index (χ1v) is 5.35. The van der Waals surface area contributed by atoms with Gasteiger partial charge in [0.1, 0.15) is 0 Å². The summed E-state index contributed by atoms with van der Waals surface area (Å²) >= 11 is 5.94. The number of nitro benzene ring substituents is 1. The maximum Gasteiger partial charge on any atom is 0.271 e. The Morgan fingerprint density at radius 2 is 2.06 bits per heavy atom. The van der Waals surface area contributed by atoms with Gasteiger partial charge in [0.15, 0.2) is 0 Å². The van der Waals surface area contributed by atoms with Crippen LogP contribution >= 0.6 is 11.6 Å². The van der Waals surface area contributed by atoms with E-state index in [1.807, 2.05) is 0 Å². The summed E-state index contributed by atoms with van der Waals surface area (Å²) < 4.78 is 0. The van der Waals surface area contributed by atoms with Crippen LogP contribution in [0.5, 0.6) is 0 Å². The van der Waals surface area contributed by atoms with Crippen molar-refractivity contribution in [1.29, 1.82) is 0 Å². The molecule has 0 amide bonds. The maximum absolute atomic E-state index is 10.5. The number of nitrogens with one attached hydrogen (secondary N) is 1. The van der Waals surface area contributed by atoms with Gasteiger partial charge in [-0.1, -0.05) is 32.4 Å². The summed E-state index contributed by atoms with van der Waals surface area (Å²) in [6, 6.07) is 4.43. The van der Waals surface area contributed by atoms with Crippen LogP contribution in [0.4, 0.5) is 11.4 Å². The van der Waals surface area contributed by atoms with Crippen LogP contribution in [0, 0.1) is 15.5 Å². The first-order valence-electron chi connectivity index (χ1n) is 4.97. The van der Waals surface area contributed by atoms with E-state index in [1.165, 1.54) is 12.1 Å². The molecular formula is C11H15ClN2O2. The minimum atomic E-state index is -0.459. The molecule has 0 bridgehead atoms. The highest BCUT2D eigenvalue weighted by atomic mass is 35.5. The van der Waals surface area contributed by atoms with Gasteiger partial charge in [0.2, 0.25) is 0 Å². The number of hydrogen-bond donors (Lipinski definition) is 1. The Labute approximate surface area is 99.8 Å². The lowest BCUT2D eigenvalue weighted by molar-refractivity contribution is -0.384. The van der Waals surface area contributed by atoms with Crippen molar-refractivity contribution in [2.24, 2.45) is 5.41 Å². The summed E-state index contributed by atoms with van der Waals surface area (Å²) in [5.41, 5.74) is 0.860. The third-order valence-electron chi connectivity index (χ3n) is 1.97. The summed E-state index contributed by atoms with van der Waals surface area (Å²) in [4.78, 5) is 10.0. The van der Waals surface area contributed by atoms with E-state index in [2.05, 4.69) is 26.1 Å². The van der Waals surface area contributed by atoms with Crippen molar-refractivity contribution in [3.63, 3.8) is 0 Å². The average molecular weight is 243 g/mol. The van der Waals surface area contributed by atoms with E-state index in [9.17, 15) is 10.1 Å². The van der Waals surface area contributed by atoms with Crippen molar-refractivity contribution in [2.75, 3.05) is 11.9 Å². The molecule has 0 spiro atoms. The van der Waals surface area contributed by atoms with Crippen LogP contribution in [0.3, 0.4) is 0 Å². The number of halogens is 1. The molecule has 0 atom stereocenters. The lowest BCUT2D eigenvalue weighted by Crippen LogP contribution is -2.19. The van der Waals surface area contributed by atoms with E-state index in [0.29, 0.717) is 5.02 Å². The Balaban J connectivity index is 2.80.